The minimum Gasteiger partial charge on any atom is -0.394 e. The van der Waals surface area contributed by atoms with Crippen LogP contribution >= 0.6 is 0 Å². The first-order valence-corrected chi connectivity index (χ1v) is 4.62. The lowest BCUT2D eigenvalue weighted by atomic mass is 10.2. The van der Waals surface area contributed by atoms with Crippen LogP contribution in [0, 0.1) is 21.7 Å². The summed E-state index contributed by atoms with van der Waals surface area (Å²) in [4.78, 5) is 9.39. The average molecular weight is 248 g/mol. The quantitative estimate of drug-likeness (QED) is 0.525. The van der Waals surface area contributed by atoms with Crippen molar-refractivity contribution in [2.45, 2.75) is 6.10 Å². The molecule has 0 radical (unpaired) electrons. The Morgan fingerprint density at radius 2 is 1.94 bits per heavy atom. The Morgan fingerprint density at radius 3 is 2.35 bits per heavy atom. The Morgan fingerprint density at radius 1 is 1.41 bits per heavy atom. The predicted molar refractivity (Wildman–Crippen MR) is 54.6 cm³/mol. The Bertz CT molecular complexity index is 404. The van der Waals surface area contributed by atoms with Crippen molar-refractivity contribution in [2.24, 2.45) is 0 Å². The van der Waals surface area contributed by atoms with Crippen molar-refractivity contribution >= 4 is 11.4 Å². The number of hydrogen-bond donors (Lipinski definition) is 3. The predicted octanol–water partition coefficient (Wildman–Crippen LogP) is 0.638. The number of hydrogen-bond acceptors (Lipinski definition) is 5. The van der Waals surface area contributed by atoms with Gasteiger partial charge in [0.05, 0.1) is 29.8 Å². The molecule has 8 heteroatoms. The highest BCUT2D eigenvalue weighted by atomic mass is 19.1. The van der Waals surface area contributed by atoms with Crippen LogP contribution in [0.2, 0.25) is 0 Å². The minimum atomic E-state index is -1.18. The van der Waals surface area contributed by atoms with E-state index in [1.807, 2.05) is 0 Å². The number of nitro groups is 1. The van der Waals surface area contributed by atoms with E-state index in [1.54, 1.807) is 0 Å². The summed E-state index contributed by atoms with van der Waals surface area (Å²) in [5.74, 6) is -2.27. The highest BCUT2D eigenvalue weighted by molar-refractivity contribution is 5.51. The molecule has 0 unspecified atom stereocenters. The van der Waals surface area contributed by atoms with E-state index >= 15 is 0 Å². The first kappa shape index (κ1) is 13.3. The second-order valence-electron chi connectivity index (χ2n) is 3.26. The lowest BCUT2D eigenvalue weighted by Gasteiger charge is -2.11. The largest absolute Gasteiger partial charge is 0.394 e. The highest BCUT2D eigenvalue weighted by Crippen LogP contribution is 2.24. The molecule has 0 bridgehead atoms. The van der Waals surface area contributed by atoms with Gasteiger partial charge in [0, 0.05) is 6.54 Å². The number of benzene rings is 1. The van der Waals surface area contributed by atoms with E-state index in [0.29, 0.717) is 12.1 Å². The molecule has 17 heavy (non-hydrogen) atoms. The normalized spacial score (nSPS) is 12.2. The monoisotopic (exact) mass is 248 g/mol. The molecule has 0 amide bonds. The summed E-state index contributed by atoms with van der Waals surface area (Å²) in [6, 6.07) is 1.13. The number of nitro benzene ring substituents is 1. The fraction of sp³-hybridized carbons (Fsp3) is 0.333. The third-order valence-electron chi connectivity index (χ3n) is 1.96. The Kier molecular flexibility index (Phi) is 4.30. The third-order valence-corrected chi connectivity index (χ3v) is 1.96. The molecular weight excluding hydrogens is 238 g/mol. The molecule has 1 atom stereocenters. The van der Waals surface area contributed by atoms with Gasteiger partial charge in [-0.25, -0.2) is 8.78 Å². The molecule has 0 heterocycles. The SMILES string of the molecule is O=[N+]([O-])c1cc(F)c(NC[C@H](O)CO)c(F)c1. The van der Waals surface area contributed by atoms with Gasteiger partial charge in [-0.2, -0.15) is 0 Å². The molecule has 6 nitrogen and oxygen atoms in total. The van der Waals surface area contributed by atoms with Crippen molar-refractivity contribution in [1.29, 1.82) is 0 Å². The van der Waals surface area contributed by atoms with Gasteiger partial charge in [-0.05, 0) is 0 Å². The van der Waals surface area contributed by atoms with Gasteiger partial charge < -0.3 is 15.5 Å². The Hall–Kier alpha value is -1.80. The number of aliphatic hydroxyl groups excluding tert-OH is 2. The number of nitrogens with zero attached hydrogens (tertiary/aromatic N) is 1. The molecule has 94 valence electrons. The summed E-state index contributed by atoms with van der Waals surface area (Å²) in [6.07, 6.45) is -1.18. The van der Waals surface area contributed by atoms with Crippen LogP contribution in [0.25, 0.3) is 0 Å². The molecule has 0 saturated carbocycles. The maximum absolute atomic E-state index is 13.3. The minimum absolute atomic E-state index is 0.276. The van der Waals surface area contributed by atoms with Gasteiger partial charge in [-0.3, -0.25) is 10.1 Å². The van der Waals surface area contributed by atoms with Gasteiger partial charge in [0.1, 0.15) is 5.69 Å². The molecule has 0 saturated heterocycles. The van der Waals surface area contributed by atoms with Crippen molar-refractivity contribution in [3.8, 4) is 0 Å². The van der Waals surface area contributed by atoms with Crippen molar-refractivity contribution < 1.29 is 23.9 Å². The second-order valence-corrected chi connectivity index (χ2v) is 3.26. The van der Waals surface area contributed by atoms with Gasteiger partial charge in [-0.15, -0.1) is 0 Å². The number of rotatable bonds is 5. The molecule has 3 N–H and O–H groups in total. The molecule has 0 fully saturated rings. The van der Waals surface area contributed by atoms with Gasteiger partial charge in [0.25, 0.3) is 5.69 Å². The summed E-state index contributed by atoms with van der Waals surface area (Å²) in [5, 5.41) is 30.0. The maximum atomic E-state index is 13.3. The maximum Gasteiger partial charge on any atom is 0.275 e. The van der Waals surface area contributed by atoms with E-state index in [0.717, 1.165) is 0 Å². The standard InChI is InChI=1S/C9H10F2N2O4/c10-7-1-5(13(16)17)2-8(11)9(7)12-3-6(15)4-14/h1-2,6,12,14-15H,3-4H2/t6-/m0/s1. The van der Waals surface area contributed by atoms with Gasteiger partial charge >= 0.3 is 0 Å². The van der Waals surface area contributed by atoms with E-state index in [9.17, 15) is 18.9 Å². The number of aliphatic hydroxyl groups is 2. The van der Waals surface area contributed by atoms with E-state index in [4.69, 9.17) is 10.2 Å². The van der Waals surface area contributed by atoms with Gasteiger partial charge in [0.15, 0.2) is 11.6 Å². The number of anilines is 1. The van der Waals surface area contributed by atoms with Gasteiger partial charge in [0.2, 0.25) is 0 Å². The molecule has 0 aliphatic rings. The van der Waals surface area contributed by atoms with Crippen LogP contribution in [0.1, 0.15) is 0 Å². The molecule has 0 aromatic heterocycles. The van der Waals surface area contributed by atoms with Crippen LogP contribution in [0.4, 0.5) is 20.2 Å². The first-order chi connectivity index (χ1) is 7.95. The molecule has 1 aromatic carbocycles. The molecule has 0 spiro atoms. The van der Waals surface area contributed by atoms with Crippen LogP contribution in [-0.2, 0) is 0 Å². The molecule has 0 aliphatic heterocycles. The summed E-state index contributed by atoms with van der Waals surface area (Å²) in [6.45, 7) is -0.842. The zero-order chi connectivity index (χ0) is 13.0. The number of halogens is 2. The van der Waals surface area contributed by atoms with E-state index < -0.39 is 40.6 Å². The summed E-state index contributed by atoms with van der Waals surface area (Å²) in [5.41, 5.74) is -1.28. The summed E-state index contributed by atoms with van der Waals surface area (Å²) >= 11 is 0. The molecule has 1 aromatic rings. The van der Waals surface area contributed by atoms with Crippen molar-refractivity contribution in [2.75, 3.05) is 18.5 Å². The highest BCUT2D eigenvalue weighted by Gasteiger charge is 2.17. The smallest absolute Gasteiger partial charge is 0.275 e. The average Bonchev–Trinajstić information content (AvgIpc) is 2.27. The zero-order valence-electron chi connectivity index (χ0n) is 8.56. The molecule has 0 aliphatic carbocycles. The number of non-ortho nitro benzene ring substituents is 1. The lowest BCUT2D eigenvalue weighted by Crippen LogP contribution is -2.23. The van der Waals surface area contributed by atoms with Crippen LogP contribution in [-0.4, -0.2) is 34.4 Å². The summed E-state index contributed by atoms with van der Waals surface area (Å²) < 4.78 is 26.5. The fourth-order valence-electron chi connectivity index (χ4n) is 1.12. The van der Waals surface area contributed by atoms with Crippen molar-refractivity contribution in [1.82, 2.24) is 0 Å². The van der Waals surface area contributed by atoms with Crippen molar-refractivity contribution in [3.05, 3.63) is 33.9 Å². The zero-order valence-corrected chi connectivity index (χ0v) is 8.56. The van der Waals surface area contributed by atoms with E-state index in [2.05, 4.69) is 5.32 Å². The van der Waals surface area contributed by atoms with Crippen LogP contribution in [0.3, 0.4) is 0 Å². The van der Waals surface area contributed by atoms with Crippen LogP contribution in [0.15, 0.2) is 12.1 Å². The molecular formula is C9H10F2N2O4. The Balaban J connectivity index is 2.90. The van der Waals surface area contributed by atoms with Gasteiger partial charge in [-0.1, -0.05) is 0 Å². The van der Waals surface area contributed by atoms with Crippen LogP contribution in [0.5, 0.6) is 0 Å². The fourth-order valence-corrected chi connectivity index (χ4v) is 1.12. The number of nitrogens with one attached hydrogen (secondary N) is 1. The van der Waals surface area contributed by atoms with Crippen molar-refractivity contribution in [3.63, 3.8) is 0 Å². The van der Waals surface area contributed by atoms with E-state index in [-0.39, 0.29) is 6.54 Å². The van der Waals surface area contributed by atoms with Crippen LogP contribution < -0.4 is 5.32 Å². The third kappa shape index (κ3) is 3.33. The first-order valence-electron chi connectivity index (χ1n) is 4.62. The lowest BCUT2D eigenvalue weighted by molar-refractivity contribution is -0.385. The Labute approximate surface area is 94.6 Å². The van der Waals surface area contributed by atoms with E-state index in [1.165, 1.54) is 0 Å². The molecule has 1 rings (SSSR count). The topological polar surface area (TPSA) is 95.6 Å². The summed E-state index contributed by atoms with van der Waals surface area (Å²) in [7, 11) is 0. The second kappa shape index (κ2) is 5.51.